The second-order valence-electron chi connectivity index (χ2n) is 15.6. The lowest BCUT2D eigenvalue weighted by Gasteiger charge is -2.33. The van der Waals surface area contributed by atoms with Crippen molar-refractivity contribution in [1.29, 1.82) is 0 Å². The number of nitrogens with zero attached hydrogens (tertiary/aromatic N) is 1. The summed E-state index contributed by atoms with van der Waals surface area (Å²) in [6.07, 6.45) is 8.63. The van der Waals surface area contributed by atoms with Gasteiger partial charge in [-0.1, -0.05) is 69.9 Å². The van der Waals surface area contributed by atoms with Gasteiger partial charge in [0, 0.05) is 53.3 Å². The van der Waals surface area contributed by atoms with Crippen LogP contribution >= 0.6 is 0 Å². The van der Waals surface area contributed by atoms with E-state index in [0.29, 0.717) is 51.1 Å². The first-order valence-corrected chi connectivity index (χ1v) is 24.2. The second-order valence-corrected chi connectivity index (χ2v) is 23.1. The molecule has 12 heteroatoms. The number of hydrogen-bond donors (Lipinski definition) is 2. The van der Waals surface area contributed by atoms with Gasteiger partial charge in [0.2, 0.25) is 15.8 Å². The highest BCUT2D eigenvalue weighted by molar-refractivity contribution is 7.89. The van der Waals surface area contributed by atoms with Crippen molar-refractivity contribution in [2.24, 2.45) is 0 Å². The van der Waals surface area contributed by atoms with Gasteiger partial charge in [-0.2, -0.15) is 4.31 Å². The zero-order chi connectivity index (χ0) is 36.7. The SMILES string of the molecule is CC1(C)OCc2cc([C@H](O)CNCCCCCCOCCOCc3cccc(S(=O)(=O)N(COCC[Si](C)(C)C)C4CCCCC4)c3)ccc2O1. The number of benzene rings is 2. The number of aliphatic hydroxyl groups excluding tert-OH is 1. The predicted molar refractivity (Wildman–Crippen MR) is 204 cm³/mol. The van der Waals surface area contributed by atoms with Crippen LogP contribution in [0.1, 0.15) is 94.4 Å². The van der Waals surface area contributed by atoms with E-state index in [0.717, 1.165) is 92.8 Å². The molecule has 2 aliphatic rings. The van der Waals surface area contributed by atoms with E-state index < -0.39 is 30.0 Å². The van der Waals surface area contributed by atoms with E-state index in [2.05, 4.69) is 25.0 Å². The van der Waals surface area contributed by atoms with Crippen LogP contribution in [-0.2, 0) is 42.2 Å². The smallest absolute Gasteiger partial charge is 0.245 e. The Morgan fingerprint density at radius 1 is 0.941 bits per heavy atom. The Hall–Kier alpha value is -1.87. The first kappa shape index (κ1) is 41.9. The third-order valence-corrected chi connectivity index (χ3v) is 13.0. The third kappa shape index (κ3) is 14.5. The highest BCUT2D eigenvalue weighted by Gasteiger charge is 2.33. The maximum Gasteiger partial charge on any atom is 0.245 e. The molecule has 0 radical (unpaired) electrons. The molecule has 2 aromatic carbocycles. The number of nitrogens with one attached hydrogen (secondary N) is 1. The van der Waals surface area contributed by atoms with Crippen molar-refractivity contribution in [3.05, 3.63) is 59.2 Å². The fraction of sp³-hybridized carbons (Fsp3) is 0.692. The summed E-state index contributed by atoms with van der Waals surface area (Å²) in [7, 11) is -4.97. The van der Waals surface area contributed by atoms with E-state index in [9.17, 15) is 13.5 Å². The number of fused-ring (bicyclic) bond motifs is 1. The molecular formula is C39H64N2O8SSi. The van der Waals surface area contributed by atoms with E-state index in [4.69, 9.17) is 23.7 Å². The summed E-state index contributed by atoms with van der Waals surface area (Å²) < 4.78 is 58.5. The maximum absolute atomic E-state index is 13.9. The average molecular weight is 749 g/mol. The number of unbranched alkanes of at least 4 members (excludes halogenated alkanes) is 3. The number of ether oxygens (including phenoxy) is 5. The van der Waals surface area contributed by atoms with Gasteiger partial charge >= 0.3 is 0 Å². The van der Waals surface area contributed by atoms with Crippen LogP contribution in [-0.4, -0.2) is 84.0 Å². The van der Waals surface area contributed by atoms with E-state index >= 15 is 0 Å². The van der Waals surface area contributed by atoms with Crippen LogP contribution in [0.3, 0.4) is 0 Å². The molecule has 0 unspecified atom stereocenters. The van der Waals surface area contributed by atoms with Crippen molar-refractivity contribution in [2.45, 2.75) is 133 Å². The summed E-state index contributed by atoms with van der Waals surface area (Å²) in [5, 5.41) is 14.0. The van der Waals surface area contributed by atoms with Gasteiger partial charge < -0.3 is 34.1 Å². The number of aliphatic hydroxyl groups is 1. The van der Waals surface area contributed by atoms with Crippen molar-refractivity contribution in [3.8, 4) is 5.75 Å². The van der Waals surface area contributed by atoms with Crippen LogP contribution in [0.2, 0.25) is 25.7 Å². The first-order valence-electron chi connectivity index (χ1n) is 19.0. The van der Waals surface area contributed by atoms with Crippen molar-refractivity contribution >= 4 is 18.1 Å². The number of hydrogen-bond acceptors (Lipinski definition) is 9. The van der Waals surface area contributed by atoms with E-state index in [-0.39, 0.29) is 12.8 Å². The molecule has 51 heavy (non-hydrogen) atoms. The summed E-state index contributed by atoms with van der Waals surface area (Å²) >= 11 is 0. The predicted octanol–water partition coefficient (Wildman–Crippen LogP) is 7.38. The molecule has 4 rings (SSSR count). The molecule has 0 aromatic heterocycles. The first-order chi connectivity index (χ1) is 24.3. The van der Waals surface area contributed by atoms with Gasteiger partial charge in [-0.15, -0.1) is 0 Å². The summed E-state index contributed by atoms with van der Waals surface area (Å²) in [6, 6.07) is 13.9. The lowest BCUT2D eigenvalue weighted by molar-refractivity contribution is -0.180. The lowest BCUT2D eigenvalue weighted by atomic mass is 9.96. The lowest BCUT2D eigenvalue weighted by Crippen LogP contribution is -2.43. The maximum atomic E-state index is 13.9. The van der Waals surface area contributed by atoms with Crippen molar-refractivity contribution in [1.82, 2.24) is 9.62 Å². The molecule has 1 atom stereocenters. The molecule has 2 aromatic rings. The molecule has 0 amide bonds. The minimum atomic E-state index is -3.70. The van der Waals surface area contributed by atoms with Gasteiger partial charge in [-0.05, 0) is 73.7 Å². The summed E-state index contributed by atoms with van der Waals surface area (Å²) in [5.74, 6) is 0.188. The second kappa shape index (κ2) is 20.5. The minimum absolute atomic E-state index is 0.0186. The van der Waals surface area contributed by atoms with Gasteiger partial charge in [-0.3, -0.25) is 0 Å². The quantitative estimate of drug-likeness (QED) is 0.0683. The van der Waals surface area contributed by atoms with Gasteiger partial charge in [0.05, 0.1) is 37.4 Å². The summed E-state index contributed by atoms with van der Waals surface area (Å²) in [4.78, 5) is 0.301. The molecule has 288 valence electrons. The largest absolute Gasteiger partial charge is 0.463 e. The van der Waals surface area contributed by atoms with Crippen molar-refractivity contribution < 1.29 is 37.2 Å². The Bertz CT molecular complexity index is 1430. The Labute approximate surface area is 308 Å². The molecule has 10 nitrogen and oxygen atoms in total. The Morgan fingerprint density at radius 3 is 2.49 bits per heavy atom. The Balaban J connectivity index is 1.06. The van der Waals surface area contributed by atoms with Gasteiger partial charge in [0.25, 0.3) is 0 Å². The van der Waals surface area contributed by atoms with E-state index in [1.807, 2.05) is 38.1 Å². The molecule has 1 aliphatic heterocycles. The van der Waals surface area contributed by atoms with Crippen LogP contribution in [0.5, 0.6) is 5.75 Å². The number of rotatable bonds is 23. The van der Waals surface area contributed by atoms with Crippen LogP contribution < -0.4 is 10.1 Å². The highest BCUT2D eigenvalue weighted by atomic mass is 32.2. The third-order valence-electron chi connectivity index (χ3n) is 9.47. The molecule has 1 saturated carbocycles. The van der Waals surface area contributed by atoms with Gasteiger partial charge in [0.1, 0.15) is 12.5 Å². The zero-order valence-electron chi connectivity index (χ0n) is 31.8. The van der Waals surface area contributed by atoms with Crippen LogP contribution in [0.4, 0.5) is 0 Å². The Morgan fingerprint density at radius 2 is 1.71 bits per heavy atom. The molecule has 1 aliphatic carbocycles. The minimum Gasteiger partial charge on any atom is -0.463 e. The van der Waals surface area contributed by atoms with Crippen molar-refractivity contribution in [2.75, 3.05) is 46.2 Å². The molecule has 2 N–H and O–H groups in total. The van der Waals surface area contributed by atoms with Gasteiger partial charge in [0.15, 0.2) is 0 Å². The summed E-state index contributed by atoms with van der Waals surface area (Å²) in [5.41, 5.74) is 2.65. The fourth-order valence-corrected chi connectivity index (χ4v) is 8.74. The zero-order valence-corrected chi connectivity index (χ0v) is 33.6. The van der Waals surface area contributed by atoms with Gasteiger partial charge in [-0.25, -0.2) is 8.42 Å². The van der Waals surface area contributed by atoms with E-state index in [1.54, 1.807) is 22.5 Å². The van der Waals surface area contributed by atoms with Crippen molar-refractivity contribution in [3.63, 3.8) is 0 Å². The Kier molecular flexibility index (Phi) is 16.9. The molecule has 1 fully saturated rings. The standard InChI is InChI=1S/C39H64N2O8SSi/c1-39(2)48-30-34-27-33(18-19-38(34)49-39)37(42)28-40-20-11-6-7-12-21-45-22-23-46-29-32-14-13-17-36(26-32)50(43,44)41(35-15-9-8-10-16-35)31-47-24-25-51(3,4)5/h13-14,17-19,26-27,35,37,40,42H,6-12,15-16,20-25,28-31H2,1-5H3/t37-/m1/s1. The van der Waals surface area contributed by atoms with E-state index in [1.165, 1.54) is 0 Å². The highest BCUT2D eigenvalue weighted by Crippen LogP contribution is 2.33. The van der Waals surface area contributed by atoms with Crippen LogP contribution in [0, 0.1) is 0 Å². The van der Waals surface area contributed by atoms with Crippen LogP contribution in [0.15, 0.2) is 47.4 Å². The summed E-state index contributed by atoms with van der Waals surface area (Å²) in [6.45, 7) is 15.2. The number of sulfonamides is 1. The molecular weight excluding hydrogens is 685 g/mol. The van der Waals surface area contributed by atoms with Crippen LogP contribution in [0.25, 0.3) is 0 Å². The molecule has 0 bridgehead atoms. The molecule has 1 heterocycles. The average Bonchev–Trinajstić information content (AvgIpc) is 3.09. The molecule has 0 spiro atoms. The normalized spacial score (nSPS) is 17.3. The fourth-order valence-electron chi connectivity index (χ4n) is 6.34. The topological polar surface area (TPSA) is 116 Å². The monoisotopic (exact) mass is 748 g/mol. The molecule has 0 saturated heterocycles.